The molecule has 1 saturated carbocycles. The van der Waals surface area contributed by atoms with Crippen molar-refractivity contribution < 1.29 is 14.3 Å². The van der Waals surface area contributed by atoms with Gasteiger partial charge in [0, 0.05) is 11.6 Å². The average Bonchev–Trinajstić information content (AvgIpc) is 3.18. The molecule has 3 aliphatic rings. The third-order valence-electron chi connectivity index (χ3n) is 6.48. The van der Waals surface area contributed by atoms with E-state index in [0.29, 0.717) is 18.2 Å². The first kappa shape index (κ1) is 17.9. The highest BCUT2D eigenvalue weighted by atomic mass is 35.5. The third kappa shape index (κ3) is 2.86. The van der Waals surface area contributed by atoms with Gasteiger partial charge in [0.05, 0.1) is 11.5 Å². The molecule has 0 unspecified atom stereocenters. The lowest BCUT2D eigenvalue weighted by Gasteiger charge is -2.44. The Morgan fingerprint density at radius 3 is 2.46 bits per heavy atom. The molecule has 1 saturated heterocycles. The van der Waals surface area contributed by atoms with Gasteiger partial charge in [-0.25, -0.2) is 0 Å². The van der Waals surface area contributed by atoms with Gasteiger partial charge in [0.2, 0.25) is 5.91 Å². The maximum absolute atomic E-state index is 13.7. The minimum Gasteiger partial charge on any atom is -0.486 e. The Labute approximate surface area is 170 Å². The Morgan fingerprint density at radius 1 is 1.00 bits per heavy atom. The van der Waals surface area contributed by atoms with E-state index < -0.39 is 0 Å². The Kier molecular flexibility index (Phi) is 4.47. The fraction of sp³-hybridized carbons (Fsp3) is 0.435. The molecule has 2 aromatic carbocycles. The van der Waals surface area contributed by atoms with Gasteiger partial charge in [-0.3, -0.25) is 4.79 Å². The highest BCUT2D eigenvalue weighted by molar-refractivity contribution is 6.30. The van der Waals surface area contributed by atoms with Gasteiger partial charge in [-0.1, -0.05) is 36.2 Å². The van der Waals surface area contributed by atoms with E-state index in [9.17, 15) is 4.79 Å². The first-order chi connectivity index (χ1) is 13.7. The fourth-order valence-corrected chi connectivity index (χ4v) is 4.95. The fourth-order valence-electron chi connectivity index (χ4n) is 4.82. The van der Waals surface area contributed by atoms with Crippen molar-refractivity contribution in [2.75, 3.05) is 19.8 Å². The number of ether oxygens (including phenoxy) is 2. The van der Waals surface area contributed by atoms with Crippen LogP contribution >= 0.6 is 11.6 Å². The minimum atomic E-state index is -0.388. The summed E-state index contributed by atoms with van der Waals surface area (Å²) in [5.41, 5.74) is 1.85. The lowest BCUT2D eigenvalue weighted by atomic mass is 9.63. The second-order valence-corrected chi connectivity index (χ2v) is 8.44. The van der Waals surface area contributed by atoms with Gasteiger partial charge >= 0.3 is 0 Å². The van der Waals surface area contributed by atoms with Crippen LogP contribution in [0.1, 0.15) is 49.3 Å². The number of hydrogen-bond acceptors (Lipinski definition) is 3. The van der Waals surface area contributed by atoms with Crippen molar-refractivity contribution in [3.8, 4) is 11.5 Å². The number of likely N-dealkylation sites (tertiary alicyclic amines) is 1. The molecule has 5 rings (SSSR count). The Morgan fingerprint density at radius 2 is 1.75 bits per heavy atom. The molecule has 5 heteroatoms. The van der Waals surface area contributed by atoms with Crippen LogP contribution in [0.3, 0.4) is 0 Å². The predicted molar refractivity (Wildman–Crippen MR) is 108 cm³/mol. The maximum Gasteiger partial charge on any atom is 0.233 e. The van der Waals surface area contributed by atoms with Crippen LogP contribution in [0.2, 0.25) is 5.02 Å². The summed E-state index contributed by atoms with van der Waals surface area (Å²) in [4.78, 5) is 15.8. The molecule has 2 fully saturated rings. The van der Waals surface area contributed by atoms with Crippen LogP contribution in [0.4, 0.5) is 0 Å². The van der Waals surface area contributed by atoms with Crippen molar-refractivity contribution in [1.82, 2.24) is 4.90 Å². The second-order valence-electron chi connectivity index (χ2n) is 8.00. The summed E-state index contributed by atoms with van der Waals surface area (Å²) >= 11 is 6.07. The molecule has 28 heavy (non-hydrogen) atoms. The lowest BCUT2D eigenvalue weighted by Crippen LogP contribution is -2.50. The standard InChI is InChI=1S/C23H24ClNO3/c24-18-7-5-17(6-8-18)23(10-2-11-23)22(26)25-12-1-3-19(25)16-4-9-20-21(15-16)28-14-13-27-20/h4-9,15,19H,1-3,10-14H2/t19-/m0/s1. The summed E-state index contributed by atoms with van der Waals surface area (Å²) < 4.78 is 11.4. The molecular weight excluding hydrogens is 374 g/mol. The number of nitrogens with zero attached hydrogens (tertiary/aromatic N) is 1. The van der Waals surface area contributed by atoms with E-state index >= 15 is 0 Å². The zero-order valence-corrected chi connectivity index (χ0v) is 16.6. The van der Waals surface area contributed by atoms with Crippen molar-refractivity contribution in [3.63, 3.8) is 0 Å². The molecule has 0 radical (unpaired) electrons. The van der Waals surface area contributed by atoms with E-state index in [4.69, 9.17) is 21.1 Å². The van der Waals surface area contributed by atoms with E-state index in [1.807, 2.05) is 30.3 Å². The number of benzene rings is 2. The normalized spacial score (nSPS) is 22.6. The van der Waals surface area contributed by atoms with Crippen LogP contribution in [-0.4, -0.2) is 30.6 Å². The number of fused-ring (bicyclic) bond motifs is 1. The molecule has 146 valence electrons. The molecule has 0 N–H and O–H groups in total. The summed E-state index contributed by atoms with van der Waals surface area (Å²) in [5, 5.41) is 0.709. The number of hydrogen-bond donors (Lipinski definition) is 0. The Balaban J connectivity index is 1.44. The van der Waals surface area contributed by atoms with Crippen molar-refractivity contribution in [2.24, 2.45) is 0 Å². The molecule has 0 aromatic heterocycles. The molecule has 0 bridgehead atoms. The van der Waals surface area contributed by atoms with Crippen LogP contribution in [0.15, 0.2) is 42.5 Å². The van der Waals surface area contributed by atoms with Gasteiger partial charge in [0.25, 0.3) is 0 Å². The number of halogens is 1. The summed E-state index contributed by atoms with van der Waals surface area (Å²) in [6.07, 6.45) is 4.94. The van der Waals surface area contributed by atoms with Crippen LogP contribution in [0.25, 0.3) is 0 Å². The molecule has 1 atom stereocenters. The van der Waals surface area contributed by atoms with Crippen LogP contribution in [-0.2, 0) is 10.2 Å². The zero-order valence-electron chi connectivity index (χ0n) is 15.8. The molecule has 2 heterocycles. The van der Waals surface area contributed by atoms with Crippen molar-refractivity contribution in [1.29, 1.82) is 0 Å². The minimum absolute atomic E-state index is 0.105. The number of rotatable bonds is 3. The van der Waals surface area contributed by atoms with Gasteiger partial charge in [-0.05, 0) is 61.1 Å². The smallest absolute Gasteiger partial charge is 0.233 e. The topological polar surface area (TPSA) is 38.8 Å². The molecule has 0 spiro atoms. The summed E-state index contributed by atoms with van der Waals surface area (Å²) in [6.45, 7) is 1.97. The highest BCUT2D eigenvalue weighted by Crippen LogP contribution is 2.48. The first-order valence-corrected chi connectivity index (χ1v) is 10.5. The molecule has 2 aliphatic heterocycles. The SMILES string of the molecule is O=C(N1CCC[C@H]1c1ccc2c(c1)OCCO2)C1(c2ccc(Cl)cc2)CCC1. The van der Waals surface area contributed by atoms with Gasteiger partial charge < -0.3 is 14.4 Å². The van der Waals surface area contributed by atoms with Crippen LogP contribution in [0, 0.1) is 0 Å². The van der Waals surface area contributed by atoms with Crippen LogP contribution < -0.4 is 9.47 Å². The quantitative estimate of drug-likeness (QED) is 0.739. The molecule has 1 amide bonds. The monoisotopic (exact) mass is 397 g/mol. The number of carbonyl (C=O) groups excluding carboxylic acids is 1. The lowest BCUT2D eigenvalue weighted by molar-refractivity contribution is -0.142. The molecule has 1 aliphatic carbocycles. The van der Waals surface area contributed by atoms with Crippen molar-refractivity contribution >= 4 is 17.5 Å². The molecule has 2 aromatic rings. The van der Waals surface area contributed by atoms with Crippen LogP contribution in [0.5, 0.6) is 11.5 Å². The van der Waals surface area contributed by atoms with E-state index in [1.165, 1.54) is 0 Å². The van der Waals surface area contributed by atoms with E-state index in [1.54, 1.807) is 0 Å². The van der Waals surface area contributed by atoms with Gasteiger partial charge in [-0.15, -0.1) is 0 Å². The zero-order chi connectivity index (χ0) is 19.1. The van der Waals surface area contributed by atoms with E-state index in [-0.39, 0.29) is 17.4 Å². The third-order valence-corrected chi connectivity index (χ3v) is 6.73. The number of amides is 1. The molecule has 4 nitrogen and oxygen atoms in total. The van der Waals surface area contributed by atoms with E-state index in [2.05, 4.69) is 17.0 Å². The van der Waals surface area contributed by atoms with Crippen molar-refractivity contribution in [3.05, 3.63) is 58.6 Å². The summed E-state index contributed by atoms with van der Waals surface area (Å²) in [7, 11) is 0. The second kappa shape index (κ2) is 7.00. The van der Waals surface area contributed by atoms with Crippen molar-refractivity contribution in [2.45, 2.75) is 43.6 Å². The average molecular weight is 398 g/mol. The largest absolute Gasteiger partial charge is 0.486 e. The summed E-state index contributed by atoms with van der Waals surface area (Å²) in [5.74, 6) is 1.85. The van der Waals surface area contributed by atoms with Gasteiger partial charge in [-0.2, -0.15) is 0 Å². The van der Waals surface area contributed by atoms with Gasteiger partial charge in [0.15, 0.2) is 11.5 Å². The molecular formula is C23H24ClNO3. The first-order valence-electron chi connectivity index (χ1n) is 10.1. The Hall–Kier alpha value is -2.20. The Bertz CT molecular complexity index is 891. The van der Waals surface area contributed by atoms with Gasteiger partial charge in [0.1, 0.15) is 13.2 Å². The number of carbonyl (C=O) groups is 1. The summed E-state index contributed by atoms with van der Waals surface area (Å²) in [6, 6.07) is 14.1. The maximum atomic E-state index is 13.7. The van der Waals surface area contributed by atoms with E-state index in [0.717, 1.165) is 61.3 Å². The predicted octanol–water partition coefficient (Wildman–Crippen LogP) is 4.90. The highest BCUT2D eigenvalue weighted by Gasteiger charge is 2.49.